The third-order valence-corrected chi connectivity index (χ3v) is 5.04. The molecule has 2 aromatic carbocycles. The van der Waals surface area contributed by atoms with E-state index in [2.05, 4.69) is 21.6 Å². The highest BCUT2D eigenvalue weighted by Gasteiger charge is 2.15. The summed E-state index contributed by atoms with van der Waals surface area (Å²) in [7, 11) is 0. The normalized spacial score (nSPS) is 13.7. The fraction of sp³-hybridized carbons (Fsp3) is 0.333. The number of rotatable bonds is 5. The first-order valence-electron chi connectivity index (χ1n) is 9.37. The van der Waals surface area contributed by atoms with Crippen LogP contribution in [0, 0.1) is 6.92 Å². The van der Waals surface area contributed by atoms with Crippen LogP contribution < -0.4 is 20.3 Å². The quantitative estimate of drug-likeness (QED) is 0.700. The Morgan fingerprint density at radius 1 is 1.18 bits per heavy atom. The number of thiocarbonyl (C=S) groups is 1. The molecule has 2 N–H and O–H groups in total. The van der Waals surface area contributed by atoms with Gasteiger partial charge in [-0.1, -0.05) is 23.7 Å². The molecule has 5 nitrogen and oxygen atoms in total. The molecule has 148 valence electrons. The number of nitrogens with one attached hydrogen (secondary N) is 2. The van der Waals surface area contributed by atoms with Crippen molar-refractivity contribution >= 4 is 46.2 Å². The van der Waals surface area contributed by atoms with Gasteiger partial charge >= 0.3 is 0 Å². The fourth-order valence-corrected chi connectivity index (χ4v) is 3.67. The van der Waals surface area contributed by atoms with Crippen LogP contribution in [-0.2, 0) is 4.79 Å². The second kappa shape index (κ2) is 9.75. The van der Waals surface area contributed by atoms with Crippen molar-refractivity contribution in [2.45, 2.75) is 26.2 Å². The molecule has 0 atom stereocenters. The number of amides is 1. The second-order valence-corrected chi connectivity index (χ2v) is 7.61. The maximum absolute atomic E-state index is 12.2. The molecule has 0 aromatic heterocycles. The Morgan fingerprint density at radius 2 is 1.93 bits per heavy atom. The van der Waals surface area contributed by atoms with E-state index in [1.807, 2.05) is 25.1 Å². The van der Waals surface area contributed by atoms with Gasteiger partial charge in [-0.2, -0.15) is 0 Å². The monoisotopic (exact) mass is 417 g/mol. The van der Waals surface area contributed by atoms with Crippen molar-refractivity contribution in [3.8, 4) is 5.75 Å². The Hall–Kier alpha value is -2.31. The molecule has 3 rings (SSSR count). The third kappa shape index (κ3) is 5.59. The zero-order chi connectivity index (χ0) is 19.9. The second-order valence-electron chi connectivity index (χ2n) is 6.77. The smallest absolute Gasteiger partial charge is 0.264 e. The number of para-hydroxylation sites is 2. The van der Waals surface area contributed by atoms with Gasteiger partial charge in [-0.25, -0.2) is 0 Å². The number of benzene rings is 2. The number of hydrogen-bond acceptors (Lipinski definition) is 4. The van der Waals surface area contributed by atoms with Crippen LogP contribution in [0.3, 0.4) is 0 Å². The predicted molar refractivity (Wildman–Crippen MR) is 119 cm³/mol. The first kappa shape index (κ1) is 20.4. The van der Waals surface area contributed by atoms with Crippen LogP contribution in [0.4, 0.5) is 11.4 Å². The number of piperidine rings is 1. The summed E-state index contributed by atoms with van der Waals surface area (Å²) in [6.45, 7) is 3.82. The molecular weight excluding hydrogens is 394 g/mol. The van der Waals surface area contributed by atoms with Crippen molar-refractivity contribution in [1.29, 1.82) is 0 Å². The molecule has 1 amide bonds. The molecule has 28 heavy (non-hydrogen) atoms. The van der Waals surface area contributed by atoms with Crippen molar-refractivity contribution in [2.75, 3.05) is 29.9 Å². The number of hydrogen-bond donors (Lipinski definition) is 2. The number of carbonyl (C=O) groups excluding carboxylic acids is 1. The van der Waals surface area contributed by atoms with Crippen molar-refractivity contribution < 1.29 is 9.53 Å². The molecule has 1 fully saturated rings. The first-order chi connectivity index (χ1) is 13.5. The Morgan fingerprint density at radius 3 is 2.68 bits per heavy atom. The van der Waals surface area contributed by atoms with Gasteiger partial charge in [0.25, 0.3) is 5.91 Å². The Labute approximate surface area is 176 Å². The number of halogens is 1. The van der Waals surface area contributed by atoms with E-state index in [1.54, 1.807) is 18.2 Å². The molecule has 0 aliphatic carbocycles. The zero-order valence-corrected chi connectivity index (χ0v) is 17.4. The molecule has 0 radical (unpaired) electrons. The van der Waals surface area contributed by atoms with Gasteiger partial charge in [0.1, 0.15) is 5.75 Å². The van der Waals surface area contributed by atoms with Crippen molar-refractivity contribution in [1.82, 2.24) is 5.32 Å². The Bertz CT molecular complexity index is 853. The lowest BCUT2D eigenvalue weighted by molar-refractivity contribution is -0.121. The number of anilines is 2. The van der Waals surface area contributed by atoms with Crippen LogP contribution in [0.1, 0.15) is 24.8 Å². The molecule has 1 aliphatic heterocycles. The fourth-order valence-electron chi connectivity index (χ4n) is 3.22. The topological polar surface area (TPSA) is 53.6 Å². The van der Waals surface area contributed by atoms with E-state index in [4.69, 9.17) is 28.6 Å². The highest BCUT2D eigenvalue weighted by Crippen LogP contribution is 2.28. The van der Waals surface area contributed by atoms with E-state index in [1.165, 1.54) is 19.3 Å². The van der Waals surface area contributed by atoms with E-state index in [-0.39, 0.29) is 17.6 Å². The summed E-state index contributed by atoms with van der Waals surface area (Å²) in [4.78, 5) is 14.5. The largest absolute Gasteiger partial charge is 0.483 e. The molecule has 1 aliphatic rings. The number of carbonyl (C=O) groups is 1. The molecule has 2 aromatic rings. The predicted octanol–water partition coefficient (Wildman–Crippen LogP) is 4.53. The van der Waals surface area contributed by atoms with E-state index in [9.17, 15) is 4.79 Å². The minimum absolute atomic E-state index is 0.127. The van der Waals surface area contributed by atoms with Gasteiger partial charge in [0.15, 0.2) is 11.7 Å². The van der Waals surface area contributed by atoms with Crippen molar-refractivity contribution in [3.63, 3.8) is 0 Å². The number of aryl methyl sites for hydroxylation is 1. The molecule has 1 saturated heterocycles. The van der Waals surface area contributed by atoms with E-state index in [0.29, 0.717) is 10.8 Å². The van der Waals surface area contributed by atoms with Crippen LogP contribution in [0.2, 0.25) is 5.02 Å². The highest BCUT2D eigenvalue weighted by molar-refractivity contribution is 7.80. The maximum atomic E-state index is 12.2. The average Bonchev–Trinajstić information content (AvgIpc) is 2.68. The van der Waals surface area contributed by atoms with Gasteiger partial charge < -0.3 is 15.0 Å². The van der Waals surface area contributed by atoms with Crippen LogP contribution in [0.5, 0.6) is 5.75 Å². The SMILES string of the molecule is Cc1cc(Cl)ccc1OCC(=O)NC(=S)Nc1ccccc1N1CCCCC1. The van der Waals surface area contributed by atoms with Gasteiger partial charge in [0, 0.05) is 18.1 Å². The van der Waals surface area contributed by atoms with Gasteiger partial charge in [-0.15, -0.1) is 0 Å². The van der Waals surface area contributed by atoms with Crippen LogP contribution in [-0.4, -0.2) is 30.7 Å². The standard InChI is InChI=1S/C21H24ClN3O2S/c1-15-13-16(22)9-10-19(15)27-14-20(26)24-21(28)23-17-7-3-4-8-18(17)25-11-5-2-6-12-25/h3-4,7-10,13H,2,5-6,11-12,14H2,1H3,(H2,23,24,26,28). The van der Waals surface area contributed by atoms with E-state index in [0.717, 1.165) is 30.0 Å². The zero-order valence-electron chi connectivity index (χ0n) is 15.8. The average molecular weight is 418 g/mol. The maximum Gasteiger partial charge on any atom is 0.264 e. The molecule has 0 bridgehead atoms. The number of ether oxygens (including phenoxy) is 1. The molecule has 0 saturated carbocycles. The summed E-state index contributed by atoms with van der Waals surface area (Å²) in [5, 5.41) is 6.70. The van der Waals surface area contributed by atoms with Crippen molar-refractivity contribution in [2.24, 2.45) is 0 Å². The van der Waals surface area contributed by atoms with Crippen LogP contribution in [0.25, 0.3) is 0 Å². The summed E-state index contributed by atoms with van der Waals surface area (Å²) in [5.74, 6) is 0.302. The van der Waals surface area contributed by atoms with Gasteiger partial charge in [0.2, 0.25) is 0 Å². The molecule has 0 unspecified atom stereocenters. The number of nitrogens with zero attached hydrogens (tertiary/aromatic N) is 1. The molecule has 7 heteroatoms. The minimum atomic E-state index is -0.317. The van der Waals surface area contributed by atoms with E-state index < -0.39 is 0 Å². The third-order valence-electron chi connectivity index (χ3n) is 4.60. The lowest BCUT2D eigenvalue weighted by atomic mass is 10.1. The minimum Gasteiger partial charge on any atom is -0.483 e. The Balaban J connectivity index is 1.54. The van der Waals surface area contributed by atoms with Gasteiger partial charge in [-0.3, -0.25) is 10.1 Å². The van der Waals surface area contributed by atoms with Crippen LogP contribution >= 0.6 is 23.8 Å². The van der Waals surface area contributed by atoms with Crippen molar-refractivity contribution in [3.05, 3.63) is 53.1 Å². The molecule has 1 heterocycles. The Kier molecular flexibility index (Phi) is 7.12. The summed E-state index contributed by atoms with van der Waals surface area (Å²) in [6, 6.07) is 13.3. The highest BCUT2D eigenvalue weighted by atomic mass is 35.5. The van der Waals surface area contributed by atoms with E-state index >= 15 is 0 Å². The molecule has 0 spiro atoms. The summed E-state index contributed by atoms with van der Waals surface area (Å²) >= 11 is 11.2. The summed E-state index contributed by atoms with van der Waals surface area (Å²) in [6.07, 6.45) is 3.65. The summed E-state index contributed by atoms with van der Waals surface area (Å²) in [5.41, 5.74) is 2.87. The lowest BCUT2D eigenvalue weighted by Crippen LogP contribution is -2.38. The lowest BCUT2D eigenvalue weighted by Gasteiger charge is -2.30. The molecular formula is C21H24ClN3O2S. The summed E-state index contributed by atoms with van der Waals surface area (Å²) < 4.78 is 5.56. The van der Waals surface area contributed by atoms with Gasteiger partial charge in [-0.05, 0) is 74.3 Å². The first-order valence-corrected chi connectivity index (χ1v) is 10.2. The van der Waals surface area contributed by atoms with Crippen LogP contribution in [0.15, 0.2) is 42.5 Å². The van der Waals surface area contributed by atoms with Gasteiger partial charge in [0.05, 0.1) is 11.4 Å².